The topological polar surface area (TPSA) is 176 Å². The third-order valence-electron chi connectivity index (χ3n) is 5.75. The Labute approximate surface area is 234 Å². The zero-order chi connectivity index (χ0) is 29.3. The molecule has 0 aliphatic heterocycles. The molecule has 0 aliphatic rings. The van der Waals surface area contributed by atoms with E-state index in [2.05, 4.69) is 26.1 Å². The van der Waals surface area contributed by atoms with Gasteiger partial charge in [0, 0.05) is 32.0 Å². The normalized spacial score (nSPS) is 13.0. The van der Waals surface area contributed by atoms with Gasteiger partial charge in [-0.1, -0.05) is 42.5 Å². The van der Waals surface area contributed by atoms with Crippen LogP contribution >= 0.6 is 11.3 Å². The van der Waals surface area contributed by atoms with E-state index >= 15 is 0 Å². The van der Waals surface area contributed by atoms with E-state index < -0.39 is 50.0 Å². The van der Waals surface area contributed by atoms with Gasteiger partial charge in [-0.05, 0) is 41.7 Å². The van der Waals surface area contributed by atoms with Gasteiger partial charge in [-0.15, -0.1) is 10.2 Å². The summed E-state index contributed by atoms with van der Waals surface area (Å²) in [7, 11) is -4.07. The first kappa shape index (κ1) is 31.2. The second kappa shape index (κ2) is 14.3. The molecule has 2 atom stereocenters. The van der Waals surface area contributed by atoms with Gasteiger partial charge in [0.2, 0.25) is 21.3 Å². The molecule has 0 aliphatic carbocycles. The molecule has 0 bridgehead atoms. The van der Waals surface area contributed by atoms with Crippen molar-refractivity contribution in [2.24, 2.45) is 5.14 Å². The number of hydrogen-bond donors (Lipinski definition) is 5. The number of hydrogen-bond acceptors (Lipinski definition) is 9. The molecule has 0 saturated carbocycles. The maximum absolute atomic E-state index is 13.8. The highest BCUT2D eigenvalue weighted by Gasteiger charge is 2.23. The second-order valence-electron chi connectivity index (χ2n) is 8.99. The lowest BCUT2D eigenvalue weighted by Gasteiger charge is -2.25. The summed E-state index contributed by atoms with van der Waals surface area (Å²) >= 11 is 0.559. The molecule has 0 saturated heterocycles. The number of anilines is 1. The third kappa shape index (κ3) is 9.98. The quantitative estimate of drug-likeness (QED) is 0.174. The van der Waals surface area contributed by atoms with E-state index in [0.29, 0.717) is 17.9 Å². The molecule has 15 heteroatoms. The van der Waals surface area contributed by atoms with Crippen molar-refractivity contribution in [3.05, 3.63) is 70.8 Å². The van der Waals surface area contributed by atoms with Crippen molar-refractivity contribution in [2.45, 2.75) is 55.6 Å². The van der Waals surface area contributed by atoms with Crippen LogP contribution in [0.2, 0.25) is 0 Å². The van der Waals surface area contributed by atoms with E-state index in [1.807, 2.05) is 31.2 Å². The minimum absolute atomic E-state index is 0.0676. The molecule has 11 nitrogen and oxygen atoms in total. The van der Waals surface area contributed by atoms with Crippen LogP contribution < -0.4 is 21.1 Å². The fourth-order valence-electron chi connectivity index (χ4n) is 3.80. The van der Waals surface area contributed by atoms with Crippen LogP contribution in [0.15, 0.2) is 46.8 Å². The minimum Gasteiger partial charge on any atom is -0.390 e. The highest BCUT2D eigenvalue weighted by molar-refractivity contribution is 7.91. The Kier molecular flexibility index (Phi) is 11.2. The number of sulfonamides is 1. The Bertz CT molecular complexity index is 1420. The maximum atomic E-state index is 13.8. The number of aryl methyl sites for hydroxylation is 1. The first-order valence-electron chi connectivity index (χ1n) is 12.3. The second-order valence-corrected chi connectivity index (χ2v) is 11.7. The smallest absolute Gasteiger partial charge is 0.267 e. The number of carbonyl (C=O) groups is 2. The Morgan fingerprint density at radius 3 is 2.35 bits per heavy atom. The molecule has 1 heterocycles. The van der Waals surface area contributed by atoms with Crippen LogP contribution in [0.1, 0.15) is 36.5 Å². The van der Waals surface area contributed by atoms with Gasteiger partial charge in [-0.25, -0.2) is 22.3 Å². The number of rotatable bonds is 14. The maximum Gasteiger partial charge on any atom is 0.267 e. The first-order chi connectivity index (χ1) is 18.9. The number of benzene rings is 2. The molecule has 40 heavy (non-hydrogen) atoms. The molecular formula is C25H30F2N6O5S2. The van der Waals surface area contributed by atoms with Gasteiger partial charge in [0.25, 0.3) is 10.0 Å². The molecule has 216 valence electrons. The SMILES string of the molecule is CCc1cccc(CNC[C@@H](O)[C@H](Cc2cc(F)cc(F)c2)NC(=O)CCC(=O)Nc2nnc(S(N)(=O)=O)s2)c1. The summed E-state index contributed by atoms with van der Waals surface area (Å²) in [6, 6.07) is 9.96. The Hall–Kier alpha value is -3.37. The van der Waals surface area contributed by atoms with Crippen molar-refractivity contribution >= 4 is 38.3 Å². The van der Waals surface area contributed by atoms with E-state index in [1.165, 1.54) is 0 Å². The summed E-state index contributed by atoms with van der Waals surface area (Å²) in [4.78, 5) is 24.9. The van der Waals surface area contributed by atoms with E-state index in [9.17, 15) is 31.9 Å². The number of carbonyl (C=O) groups excluding carboxylic acids is 2. The van der Waals surface area contributed by atoms with Crippen molar-refractivity contribution in [2.75, 3.05) is 11.9 Å². The van der Waals surface area contributed by atoms with Gasteiger partial charge in [0.05, 0.1) is 12.1 Å². The monoisotopic (exact) mass is 596 g/mol. The van der Waals surface area contributed by atoms with E-state index in [4.69, 9.17) is 5.14 Å². The molecule has 3 aromatic rings. The molecule has 2 amide bonds. The molecular weight excluding hydrogens is 566 g/mol. The van der Waals surface area contributed by atoms with Gasteiger partial charge in [0.1, 0.15) is 11.6 Å². The van der Waals surface area contributed by atoms with Crippen LogP contribution in [0.3, 0.4) is 0 Å². The number of aliphatic hydroxyl groups excluding tert-OH is 1. The molecule has 0 radical (unpaired) electrons. The summed E-state index contributed by atoms with van der Waals surface area (Å²) < 4.78 is 49.6. The molecule has 3 rings (SSSR count). The minimum atomic E-state index is -4.07. The van der Waals surface area contributed by atoms with E-state index in [-0.39, 0.29) is 36.5 Å². The van der Waals surface area contributed by atoms with Gasteiger partial charge >= 0.3 is 0 Å². The molecule has 0 unspecified atom stereocenters. The highest BCUT2D eigenvalue weighted by Crippen LogP contribution is 2.19. The van der Waals surface area contributed by atoms with Crippen molar-refractivity contribution < 1.29 is 31.9 Å². The largest absolute Gasteiger partial charge is 0.390 e. The summed E-state index contributed by atoms with van der Waals surface area (Å²) in [6.07, 6.45) is -0.896. The average Bonchev–Trinajstić information content (AvgIpc) is 3.36. The van der Waals surface area contributed by atoms with Crippen LogP contribution in [0.5, 0.6) is 0 Å². The summed E-state index contributed by atoms with van der Waals surface area (Å²) in [5.41, 5.74) is 2.41. The summed E-state index contributed by atoms with van der Waals surface area (Å²) in [6.45, 7) is 2.57. The summed E-state index contributed by atoms with van der Waals surface area (Å²) in [5, 5.41) is 30.7. The van der Waals surface area contributed by atoms with E-state index in [1.54, 1.807) is 0 Å². The van der Waals surface area contributed by atoms with Gasteiger partial charge in [-0.3, -0.25) is 9.59 Å². The Morgan fingerprint density at radius 2 is 1.70 bits per heavy atom. The van der Waals surface area contributed by atoms with Crippen LogP contribution in [0, 0.1) is 11.6 Å². The lowest BCUT2D eigenvalue weighted by molar-refractivity contribution is -0.125. The number of amides is 2. The van der Waals surface area contributed by atoms with Crippen molar-refractivity contribution in [3.8, 4) is 0 Å². The number of nitrogens with one attached hydrogen (secondary N) is 3. The van der Waals surface area contributed by atoms with Gasteiger partial charge in [-0.2, -0.15) is 0 Å². The molecule has 0 spiro atoms. The summed E-state index contributed by atoms with van der Waals surface area (Å²) in [5.74, 6) is -2.80. The van der Waals surface area contributed by atoms with Crippen molar-refractivity contribution in [1.29, 1.82) is 0 Å². The van der Waals surface area contributed by atoms with Crippen molar-refractivity contribution in [1.82, 2.24) is 20.8 Å². The number of halogens is 2. The van der Waals surface area contributed by atoms with Gasteiger partial charge in [0.15, 0.2) is 0 Å². The number of aromatic nitrogens is 2. The molecule has 2 aromatic carbocycles. The molecule has 6 N–H and O–H groups in total. The fraction of sp³-hybridized carbons (Fsp3) is 0.360. The van der Waals surface area contributed by atoms with Crippen molar-refractivity contribution in [3.63, 3.8) is 0 Å². The van der Waals surface area contributed by atoms with Crippen LogP contribution in [0.4, 0.5) is 13.9 Å². The first-order valence-corrected chi connectivity index (χ1v) is 14.7. The number of primary sulfonamides is 1. The zero-order valence-electron chi connectivity index (χ0n) is 21.6. The van der Waals surface area contributed by atoms with E-state index in [0.717, 1.165) is 35.7 Å². The predicted octanol–water partition coefficient (Wildman–Crippen LogP) is 1.62. The van der Waals surface area contributed by atoms with Gasteiger partial charge < -0.3 is 21.1 Å². The molecule has 0 fully saturated rings. The van der Waals surface area contributed by atoms with Crippen LogP contribution in [-0.2, 0) is 39.0 Å². The fourth-order valence-corrected chi connectivity index (χ4v) is 5.14. The Morgan fingerprint density at radius 1 is 1.02 bits per heavy atom. The number of aliphatic hydroxyl groups is 1. The molecule has 1 aromatic heterocycles. The standard InChI is InChI=1S/C25H30F2N6O5S2/c1-2-15-4-3-5-16(8-15)13-29-14-21(34)20(11-17-9-18(26)12-19(27)10-17)30-22(35)6-7-23(36)31-24-32-33-25(39-24)40(28,37)38/h3-5,8-10,12,20-21,29,34H,2,6-7,11,13-14H2,1H3,(H,30,35)(H2,28,37,38)(H,31,32,36)/t20-,21+/m0/s1. The average molecular weight is 597 g/mol. The van der Waals surface area contributed by atoms with Crippen LogP contribution in [-0.4, -0.2) is 54.2 Å². The zero-order valence-corrected chi connectivity index (χ0v) is 23.2. The predicted molar refractivity (Wildman–Crippen MR) is 145 cm³/mol. The van der Waals surface area contributed by atoms with Crippen LogP contribution in [0.25, 0.3) is 0 Å². The lowest BCUT2D eigenvalue weighted by Crippen LogP contribution is -2.48. The Balaban J connectivity index is 1.59. The third-order valence-corrected chi connectivity index (χ3v) is 7.90. The lowest BCUT2D eigenvalue weighted by atomic mass is 10.00. The number of nitrogens with zero attached hydrogens (tertiary/aromatic N) is 2. The number of nitrogens with two attached hydrogens (primary N) is 1. The highest BCUT2D eigenvalue weighted by atomic mass is 32.2.